The minimum absolute atomic E-state index is 0.538. The molecule has 0 saturated heterocycles. The van der Waals surface area contributed by atoms with Crippen molar-refractivity contribution in [2.24, 2.45) is 0 Å². The average molecular weight is 764 g/mol. The quantitative estimate of drug-likeness (QED) is 0.114. The highest BCUT2D eigenvalue weighted by Crippen LogP contribution is 2.73. The number of hydrogen-bond acceptors (Lipinski definition) is 3. The Labute approximate surface area is 338 Å². The zero-order valence-corrected chi connectivity index (χ0v) is 32.6. The van der Waals surface area contributed by atoms with E-state index in [-0.39, 0.29) is 0 Å². The second-order valence-corrected chi connectivity index (χ2v) is 17.1. The molecule has 0 N–H and O–H groups in total. The van der Waals surface area contributed by atoms with Crippen molar-refractivity contribution in [3.63, 3.8) is 0 Å². The van der Waals surface area contributed by atoms with E-state index in [0.717, 1.165) is 59.0 Å². The van der Waals surface area contributed by atoms with Crippen LogP contribution in [0.4, 0.5) is 0 Å². The van der Waals surface area contributed by atoms with Crippen molar-refractivity contribution < 1.29 is 0 Å². The lowest BCUT2D eigenvalue weighted by atomic mass is 10.2. The van der Waals surface area contributed by atoms with Gasteiger partial charge in [-0.2, -0.15) is 15.0 Å². The van der Waals surface area contributed by atoms with Gasteiger partial charge in [-0.25, -0.2) is 0 Å². The Morgan fingerprint density at radius 2 is 0.914 bits per heavy atom. The normalized spacial score (nSPS) is 12.5. The molecule has 0 saturated carbocycles. The van der Waals surface area contributed by atoms with Crippen molar-refractivity contribution in [1.29, 1.82) is 0 Å². The van der Waals surface area contributed by atoms with Crippen molar-refractivity contribution in [2.75, 3.05) is 0 Å². The van der Waals surface area contributed by atoms with Gasteiger partial charge in [-0.05, 0) is 67.6 Å². The summed E-state index contributed by atoms with van der Waals surface area (Å²) in [4.78, 5) is 20.6. The summed E-state index contributed by atoms with van der Waals surface area (Å²) >= 11 is 0. The summed E-state index contributed by atoms with van der Waals surface area (Å²) in [6.07, 6.45) is 12.3. The highest BCUT2D eigenvalue weighted by Gasteiger charge is 2.34. The van der Waals surface area contributed by atoms with Gasteiger partial charge in [0.05, 0.1) is 22.1 Å². The van der Waals surface area contributed by atoms with E-state index in [1.54, 1.807) is 0 Å². The maximum absolute atomic E-state index is 6.12. The molecule has 0 spiro atoms. The van der Waals surface area contributed by atoms with Crippen LogP contribution in [0.2, 0.25) is 0 Å². The molecule has 0 amide bonds. The molecular formula is C52H37N5S. The number of hydrogen-bond donors (Lipinski definition) is 0. The standard InChI is InChI=1S/C52H37N5S/c1-3-20-38(21-4-2)58(39-23-7-5-8-24-39,40-25-9-6-10-26-40)41-27-19-22-37(36-41)50-53-51(56-46-32-15-11-28-42(46)43-29-12-16-33-47(43)56)55-52(54-50)57-48-34-17-13-30-44(48)45-31-14-18-35-49(45)57/h1,4-36H,2H3/b21-4-,38-20+. The molecule has 6 heteroatoms. The molecule has 276 valence electrons. The summed E-state index contributed by atoms with van der Waals surface area (Å²) in [5, 5.41) is 4.54. The fourth-order valence-electron chi connectivity index (χ4n) is 8.34. The third-order valence-electron chi connectivity index (χ3n) is 10.7. The number of aromatic nitrogens is 5. The Bertz CT molecular complexity index is 2980. The van der Waals surface area contributed by atoms with Gasteiger partial charge in [0.25, 0.3) is 0 Å². The first kappa shape index (κ1) is 35.0. The van der Waals surface area contributed by atoms with Gasteiger partial charge in [0.15, 0.2) is 5.82 Å². The van der Waals surface area contributed by atoms with Crippen LogP contribution in [0.5, 0.6) is 0 Å². The lowest BCUT2D eigenvalue weighted by Crippen LogP contribution is -2.10. The van der Waals surface area contributed by atoms with Crippen LogP contribution in [0, 0.1) is 12.3 Å². The van der Waals surface area contributed by atoms with E-state index < -0.39 is 10.0 Å². The van der Waals surface area contributed by atoms with Crippen molar-refractivity contribution in [1.82, 2.24) is 24.1 Å². The fourth-order valence-corrected chi connectivity index (χ4v) is 12.3. The topological polar surface area (TPSA) is 48.5 Å². The average Bonchev–Trinajstić information content (AvgIpc) is 3.81. The van der Waals surface area contributed by atoms with E-state index in [0.29, 0.717) is 17.7 Å². The predicted octanol–water partition coefficient (Wildman–Crippen LogP) is 13.1. The van der Waals surface area contributed by atoms with E-state index in [4.69, 9.17) is 21.4 Å². The molecule has 0 atom stereocenters. The van der Waals surface area contributed by atoms with Crippen LogP contribution in [-0.4, -0.2) is 24.1 Å². The highest BCUT2D eigenvalue weighted by molar-refractivity contribution is 8.37. The van der Waals surface area contributed by atoms with Gasteiger partial charge in [-0.1, -0.05) is 139 Å². The van der Waals surface area contributed by atoms with Gasteiger partial charge >= 0.3 is 0 Å². The maximum Gasteiger partial charge on any atom is 0.240 e. The summed E-state index contributed by atoms with van der Waals surface area (Å²) < 4.78 is 4.33. The number of nitrogens with zero attached hydrogens (tertiary/aromatic N) is 5. The molecule has 10 aromatic rings. The number of fused-ring (bicyclic) bond motifs is 6. The van der Waals surface area contributed by atoms with Gasteiger partial charge in [0, 0.05) is 52.8 Å². The minimum Gasteiger partial charge on any atom is -0.278 e. The number of rotatable bonds is 8. The third kappa shape index (κ3) is 5.55. The van der Waals surface area contributed by atoms with Gasteiger partial charge in [-0.3, -0.25) is 9.13 Å². The third-order valence-corrected chi connectivity index (χ3v) is 14.6. The molecule has 58 heavy (non-hydrogen) atoms. The predicted molar refractivity (Wildman–Crippen MR) is 241 cm³/mol. The first-order valence-corrected chi connectivity index (χ1v) is 20.9. The molecular weight excluding hydrogens is 727 g/mol. The first-order chi connectivity index (χ1) is 28.7. The molecule has 3 aromatic heterocycles. The summed E-state index contributed by atoms with van der Waals surface area (Å²) in [7, 11) is -2.10. The van der Waals surface area contributed by atoms with E-state index in [1.165, 1.54) is 9.79 Å². The fraction of sp³-hybridized carbons (Fsp3) is 0.0192. The van der Waals surface area contributed by atoms with Crippen molar-refractivity contribution in [2.45, 2.75) is 21.6 Å². The number of allylic oxidation sites excluding steroid dienone is 3. The van der Waals surface area contributed by atoms with Crippen LogP contribution < -0.4 is 0 Å². The van der Waals surface area contributed by atoms with E-state index >= 15 is 0 Å². The smallest absolute Gasteiger partial charge is 0.240 e. The molecule has 0 unspecified atom stereocenters. The van der Waals surface area contributed by atoms with Crippen LogP contribution >= 0.6 is 10.0 Å². The summed E-state index contributed by atoms with van der Waals surface area (Å²) in [6, 6.07) is 63.9. The monoisotopic (exact) mass is 763 g/mol. The number of terminal acetylenes is 1. The van der Waals surface area contributed by atoms with Crippen LogP contribution in [0.25, 0.3) is 66.9 Å². The molecule has 0 aliphatic carbocycles. The van der Waals surface area contributed by atoms with Gasteiger partial charge in [0.1, 0.15) is 0 Å². The molecule has 0 fully saturated rings. The molecule has 5 nitrogen and oxygen atoms in total. The van der Waals surface area contributed by atoms with E-state index in [2.05, 4.69) is 209 Å². The zero-order chi connectivity index (χ0) is 39.1. The largest absolute Gasteiger partial charge is 0.278 e. The second kappa shape index (κ2) is 14.6. The summed E-state index contributed by atoms with van der Waals surface area (Å²) in [5.41, 5.74) is 4.96. The van der Waals surface area contributed by atoms with Crippen LogP contribution in [0.3, 0.4) is 0 Å². The van der Waals surface area contributed by atoms with Gasteiger partial charge < -0.3 is 0 Å². The SMILES string of the molecule is C#C/C=C(\C=C/C)S(c1ccccc1)(c1ccccc1)c1cccc(-c2nc(-n3c4ccccc4c4ccccc43)nc(-n3c4ccccc4c4ccccc43)n2)c1. The summed E-state index contributed by atoms with van der Waals surface area (Å²) in [5.74, 6) is 4.53. The van der Waals surface area contributed by atoms with Crippen LogP contribution in [-0.2, 0) is 0 Å². The molecule has 10 rings (SSSR count). The molecule has 0 aliphatic heterocycles. The van der Waals surface area contributed by atoms with Crippen LogP contribution in [0.1, 0.15) is 6.92 Å². The zero-order valence-electron chi connectivity index (χ0n) is 31.8. The van der Waals surface area contributed by atoms with Crippen molar-refractivity contribution in [3.05, 3.63) is 205 Å². The minimum atomic E-state index is -2.10. The van der Waals surface area contributed by atoms with Crippen molar-refractivity contribution >= 4 is 53.6 Å². The van der Waals surface area contributed by atoms with Gasteiger partial charge in [0.2, 0.25) is 11.9 Å². The number of benzene rings is 7. The molecule has 0 aliphatic rings. The lowest BCUT2D eigenvalue weighted by Gasteiger charge is -2.42. The Hall–Kier alpha value is -7.46. The second-order valence-electron chi connectivity index (χ2n) is 14.0. The van der Waals surface area contributed by atoms with Crippen molar-refractivity contribution in [3.8, 4) is 35.6 Å². The van der Waals surface area contributed by atoms with E-state index in [1.807, 2.05) is 13.0 Å². The molecule has 0 radical (unpaired) electrons. The summed E-state index contributed by atoms with van der Waals surface area (Å²) in [6.45, 7) is 2.04. The molecule has 0 bridgehead atoms. The first-order valence-electron chi connectivity index (χ1n) is 19.3. The van der Waals surface area contributed by atoms with Crippen LogP contribution in [0.15, 0.2) is 220 Å². The molecule has 7 aromatic carbocycles. The highest BCUT2D eigenvalue weighted by atomic mass is 32.3. The lowest BCUT2D eigenvalue weighted by molar-refractivity contribution is 0.892. The van der Waals surface area contributed by atoms with Gasteiger partial charge in [-0.15, -0.1) is 16.5 Å². The molecule has 3 heterocycles. The Balaban J connectivity index is 1.30. The Morgan fingerprint density at radius 3 is 1.34 bits per heavy atom. The Kier molecular flexibility index (Phi) is 8.78. The van der Waals surface area contributed by atoms with E-state index in [9.17, 15) is 0 Å². The maximum atomic E-state index is 6.12. The Morgan fingerprint density at radius 1 is 0.500 bits per heavy atom. The number of para-hydroxylation sites is 4.